The van der Waals surface area contributed by atoms with Crippen molar-refractivity contribution in [1.82, 2.24) is 5.32 Å². The number of nitrogens with two attached hydrogens (primary N) is 1. The molecule has 2 heteroatoms. The molecular weight excluding hydrogens is 148 g/mol. The van der Waals surface area contributed by atoms with E-state index in [1.807, 2.05) is 0 Å². The van der Waals surface area contributed by atoms with Gasteiger partial charge in [0.25, 0.3) is 0 Å². The van der Waals surface area contributed by atoms with Crippen LogP contribution in [0.25, 0.3) is 0 Å². The topological polar surface area (TPSA) is 38.0 Å². The van der Waals surface area contributed by atoms with Crippen LogP contribution in [0.15, 0.2) is 0 Å². The molecule has 2 unspecified atom stereocenters. The van der Waals surface area contributed by atoms with E-state index in [9.17, 15) is 0 Å². The smallest absolute Gasteiger partial charge is 0.0135 e. The van der Waals surface area contributed by atoms with Crippen molar-refractivity contribution in [2.24, 2.45) is 5.73 Å². The Balaban J connectivity index is 3.42. The largest absolute Gasteiger partial charge is 0.325 e. The molecule has 2 nitrogen and oxygen atoms in total. The summed E-state index contributed by atoms with van der Waals surface area (Å²) >= 11 is 0. The molecule has 0 saturated heterocycles. The summed E-state index contributed by atoms with van der Waals surface area (Å²) < 4.78 is 0. The SMILES string of the molecule is CCC(C)NCCC(C)(N)CC. The lowest BCUT2D eigenvalue weighted by Crippen LogP contribution is -2.39. The zero-order valence-corrected chi connectivity index (χ0v) is 8.98. The summed E-state index contributed by atoms with van der Waals surface area (Å²) in [4.78, 5) is 0. The summed E-state index contributed by atoms with van der Waals surface area (Å²) in [6, 6.07) is 0.623. The summed E-state index contributed by atoms with van der Waals surface area (Å²) in [5.41, 5.74) is 6.02. The summed E-state index contributed by atoms with van der Waals surface area (Å²) in [5, 5.41) is 3.44. The molecule has 0 spiro atoms. The van der Waals surface area contributed by atoms with Crippen molar-refractivity contribution < 1.29 is 0 Å². The molecule has 0 aliphatic rings. The monoisotopic (exact) mass is 172 g/mol. The van der Waals surface area contributed by atoms with E-state index in [0.717, 1.165) is 19.4 Å². The third-order valence-corrected chi connectivity index (χ3v) is 2.61. The molecular formula is C10H24N2. The van der Waals surface area contributed by atoms with Gasteiger partial charge in [0, 0.05) is 11.6 Å². The molecule has 2 atom stereocenters. The standard InChI is InChI=1S/C10H24N2/c1-5-9(3)12-8-7-10(4,11)6-2/h9,12H,5-8,11H2,1-4H3. The molecule has 0 saturated carbocycles. The predicted molar refractivity (Wildman–Crippen MR) is 55.3 cm³/mol. The zero-order valence-electron chi connectivity index (χ0n) is 8.98. The third kappa shape index (κ3) is 5.56. The minimum absolute atomic E-state index is 0.0143. The lowest BCUT2D eigenvalue weighted by atomic mass is 9.96. The van der Waals surface area contributed by atoms with E-state index in [1.54, 1.807) is 0 Å². The van der Waals surface area contributed by atoms with Crippen LogP contribution in [0.1, 0.15) is 47.0 Å². The van der Waals surface area contributed by atoms with E-state index in [4.69, 9.17) is 5.73 Å². The maximum Gasteiger partial charge on any atom is 0.0135 e. The van der Waals surface area contributed by atoms with E-state index < -0.39 is 0 Å². The van der Waals surface area contributed by atoms with Crippen LogP contribution in [0.2, 0.25) is 0 Å². The highest BCUT2D eigenvalue weighted by Crippen LogP contribution is 2.08. The highest BCUT2D eigenvalue weighted by atomic mass is 14.9. The molecule has 0 heterocycles. The highest BCUT2D eigenvalue weighted by Gasteiger charge is 2.14. The van der Waals surface area contributed by atoms with Gasteiger partial charge in [-0.3, -0.25) is 0 Å². The van der Waals surface area contributed by atoms with Gasteiger partial charge in [-0.05, 0) is 39.7 Å². The second-order valence-corrected chi connectivity index (χ2v) is 4.02. The maximum absolute atomic E-state index is 6.00. The summed E-state index contributed by atoms with van der Waals surface area (Å²) in [6.07, 6.45) is 3.30. The third-order valence-electron chi connectivity index (χ3n) is 2.61. The Morgan fingerprint density at radius 1 is 1.42 bits per heavy atom. The van der Waals surface area contributed by atoms with E-state index in [0.29, 0.717) is 6.04 Å². The molecule has 0 aromatic heterocycles. The van der Waals surface area contributed by atoms with E-state index in [-0.39, 0.29) is 5.54 Å². The normalized spacial score (nSPS) is 18.8. The van der Waals surface area contributed by atoms with Gasteiger partial charge in [0.05, 0.1) is 0 Å². The fraction of sp³-hybridized carbons (Fsp3) is 1.00. The van der Waals surface area contributed by atoms with E-state index >= 15 is 0 Å². The van der Waals surface area contributed by atoms with E-state index in [1.165, 1.54) is 6.42 Å². The second kappa shape index (κ2) is 5.55. The van der Waals surface area contributed by atoms with Gasteiger partial charge in [0.2, 0.25) is 0 Å². The lowest BCUT2D eigenvalue weighted by molar-refractivity contribution is 0.390. The molecule has 0 aromatic rings. The Morgan fingerprint density at radius 2 is 2.00 bits per heavy atom. The molecule has 0 amide bonds. The summed E-state index contributed by atoms with van der Waals surface area (Å²) in [7, 11) is 0. The quantitative estimate of drug-likeness (QED) is 0.642. The van der Waals surface area contributed by atoms with Gasteiger partial charge in [-0.2, -0.15) is 0 Å². The Morgan fingerprint density at radius 3 is 2.42 bits per heavy atom. The summed E-state index contributed by atoms with van der Waals surface area (Å²) in [6.45, 7) is 9.70. The molecule has 12 heavy (non-hydrogen) atoms. The molecule has 0 radical (unpaired) electrons. The molecule has 74 valence electrons. The van der Waals surface area contributed by atoms with Crippen molar-refractivity contribution in [2.75, 3.05) is 6.54 Å². The van der Waals surface area contributed by atoms with Gasteiger partial charge in [-0.1, -0.05) is 13.8 Å². The number of hydrogen-bond donors (Lipinski definition) is 2. The molecule has 0 aliphatic heterocycles. The van der Waals surface area contributed by atoms with Crippen molar-refractivity contribution in [1.29, 1.82) is 0 Å². The van der Waals surface area contributed by atoms with Crippen LogP contribution >= 0.6 is 0 Å². The maximum atomic E-state index is 6.00. The highest BCUT2D eigenvalue weighted by molar-refractivity contribution is 4.77. The van der Waals surface area contributed by atoms with Crippen LogP contribution in [-0.2, 0) is 0 Å². The first kappa shape index (κ1) is 11.9. The number of nitrogens with one attached hydrogen (secondary N) is 1. The zero-order chi connectivity index (χ0) is 9.61. The first-order chi connectivity index (χ1) is 5.52. The van der Waals surface area contributed by atoms with Crippen LogP contribution < -0.4 is 11.1 Å². The van der Waals surface area contributed by atoms with Crippen molar-refractivity contribution in [2.45, 2.75) is 58.5 Å². The molecule has 0 aromatic carbocycles. The average Bonchev–Trinajstić information content (AvgIpc) is 2.04. The van der Waals surface area contributed by atoms with Crippen LogP contribution in [0.3, 0.4) is 0 Å². The molecule has 0 rings (SSSR count). The van der Waals surface area contributed by atoms with Crippen molar-refractivity contribution in [3.05, 3.63) is 0 Å². The second-order valence-electron chi connectivity index (χ2n) is 4.02. The van der Waals surface area contributed by atoms with Crippen molar-refractivity contribution in [3.63, 3.8) is 0 Å². The predicted octanol–water partition coefficient (Wildman–Crippen LogP) is 1.89. The van der Waals surface area contributed by atoms with Gasteiger partial charge < -0.3 is 11.1 Å². The molecule has 0 bridgehead atoms. The number of rotatable bonds is 6. The minimum Gasteiger partial charge on any atom is -0.325 e. The Hall–Kier alpha value is -0.0800. The van der Waals surface area contributed by atoms with Crippen LogP contribution in [-0.4, -0.2) is 18.1 Å². The lowest BCUT2D eigenvalue weighted by Gasteiger charge is -2.23. The average molecular weight is 172 g/mol. The summed E-state index contributed by atoms with van der Waals surface area (Å²) in [5.74, 6) is 0. The van der Waals surface area contributed by atoms with Crippen LogP contribution in [0, 0.1) is 0 Å². The van der Waals surface area contributed by atoms with Gasteiger partial charge in [0.15, 0.2) is 0 Å². The van der Waals surface area contributed by atoms with Crippen LogP contribution in [0.4, 0.5) is 0 Å². The fourth-order valence-corrected chi connectivity index (χ4v) is 0.925. The van der Waals surface area contributed by atoms with Gasteiger partial charge in [0.1, 0.15) is 0 Å². The Bertz CT molecular complexity index is 110. The molecule has 0 fully saturated rings. The minimum atomic E-state index is 0.0143. The van der Waals surface area contributed by atoms with Crippen molar-refractivity contribution >= 4 is 0 Å². The van der Waals surface area contributed by atoms with Gasteiger partial charge in [-0.15, -0.1) is 0 Å². The molecule has 3 N–H and O–H groups in total. The van der Waals surface area contributed by atoms with Gasteiger partial charge in [-0.25, -0.2) is 0 Å². The first-order valence-corrected chi connectivity index (χ1v) is 5.04. The van der Waals surface area contributed by atoms with Gasteiger partial charge >= 0.3 is 0 Å². The van der Waals surface area contributed by atoms with Crippen molar-refractivity contribution in [3.8, 4) is 0 Å². The Kier molecular flexibility index (Phi) is 5.51. The first-order valence-electron chi connectivity index (χ1n) is 5.04. The molecule has 0 aliphatic carbocycles. The van der Waals surface area contributed by atoms with E-state index in [2.05, 4.69) is 33.0 Å². The van der Waals surface area contributed by atoms with Crippen LogP contribution in [0.5, 0.6) is 0 Å². The number of hydrogen-bond acceptors (Lipinski definition) is 2. The Labute approximate surface area is 76.9 Å². The fourth-order valence-electron chi connectivity index (χ4n) is 0.925.